The molecule has 1 aliphatic rings. The van der Waals surface area contributed by atoms with Gasteiger partial charge in [-0.1, -0.05) is 6.92 Å². The first-order valence-electron chi connectivity index (χ1n) is 5.38. The third-order valence-corrected chi connectivity index (χ3v) is 2.91. The van der Waals surface area contributed by atoms with Crippen LogP contribution >= 0.6 is 0 Å². The van der Waals surface area contributed by atoms with Crippen LogP contribution in [0.3, 0.4) is 0 Å². The van der Waals surface area contributed by atoms with Crippen LogP contribution in [0.2, 0.25) is 0 Å². The minimum atomic E-state index is 0.00454. The Morgan fingerprint density at radius 1 is 1.73 bits per heavy atom. The van der Waals surface area contributed by atoms with E-state index in [9.17, 15) is 4.79 Å². The van der Waals surface area contributed by atoms with Gasteiger partial charge in [0, 0.05) is 19.9 Å². The van der Waals surface area contributed by atoms with Gasteiger partial charge in [-0.15, -0.1) is 0 Å². The van der Waals surface area contributed by atoms with Crippen LogP contribution in [-0.2, 0) is 11.8 Å². The number of rotatable bonds is 3. The highest BCUT2D eigenvalue weighted by Gasteiger charge is 2.34. The van der Waals surface area contributed by atoms with Crippen molar-refractivity contribution in [3.05, 3.63) is 18.0 Å². The summed E-state index contributed by atoms with van der Waals surface area (Å²) in [6.07, 6.45) is 3.60. The van der Waals surface area contributed by atoms with E-state index < -0.39 is 0 Å². The molecule has 1 saturated heterocycles. The number of nitrogens with zero attached hydrogens (tertiary/aromatic N) is 2. The van der Waals surface area contributed by atoms with Gasteiger partial charge in [-0.3, -0.25) is 9.48 Å². The summed E-state index contributed by atoms with van der Waals surface area (Å²) in [4.78, 5) is 12.1. The van der Waals surface area contributed by atoms with E-state index in [2.05, 4.69) is 12.0 Å². The molecule has 2 unspecified atom stereocenters. The van der Waals surface area contributed by atoms with Crippen LogP contribution in [0, 0.1) is 5.92 Å². The van der Waals surface area contributed by atoms with E-state index in [1.807, 2.05) is 7.05 Å². The lowest BCUT2D eigenvalue weighted by atomic mass is 9.93. The maximum Gasteiger partial charge on any atom is 0.188 e. The molecular formula is C11H16N2O2. The highest BCUT2D eigenvalue weighted by molar-refractivity contribution is 5.96. The Bertz CT molecular complexity index is 359. The number of carbonyl (C=O) groups is 1. The molecule has 0 bridgehead atoms. The Kier molecular flexibility index (Phi) is 2.86. The van der Waals surface area contributed by atoms with Crippen molar-refractivity contribution in [1.29, 1.82) is 0 Å². The molecule has 2 rings (SSSR count). The summed E-state index contributed by atoms with van der Waals surface area (Å²) < 4.78 is 7.17. The second-order valence-electron chi connectivity index (χ2n) is 3.95. The number of aromatic nitrogens is 2. The maximum atomic E-state index is 12.1. The summed E-state index contributed by atoms with van der Waals surface area (Å²) >= 11 is 0. The zero-order chi connectivity index (χ0) is 10.8. The highest BCUT2D eigenvalue weighted by atomic mass is 16.5. The van der Waals surface area contributed by atoms with Crippen molar-refractivity contribution in [2.24, 2.45) is 13.0 Å². The minimum absolute atomic E-state index is 0.00454. The quantitative estimate of drug-likeness (QED) is 0.705. The van der Waals surface area contributed by atoms with Gasteiger partial charge in [0.1, 0.15) is 5.69 Å². The SMILES string of the molecule is CCC1OCCC1C(=O)c1ccn(C)n1. The molecule has 0 radical (unpaired) electrons. The molecule has 0 amide bonds. The fourth-order valence-corrected chi connectivity index (χ4v) is 2.09. The van der Waals surface area contributed by atoms with Gasteiger partial charge in [-0.05, 0) is 18.9 Å². The van der Waals surface area contributed by atoms with Gasteiger partial charge in [0.25, 0.3) is 0 Å². The molecule has 1 aliphatic heterocycles. The topological polar surface area (TPSA) is 44.1 Å². The molecule has 0 spiro atoms. The Balaban J connectivity index is 2.13. The van der Waals surface area contributed by atoms with Crippen LogP contribution in [0.5, 0.6) is 0 Å². The molecule has 82 valence electrons. The second kappa shape index (κ2) is 4.14. The van der Waals surface area contributed by atoms with Gasteiger partial charge < -0.3 is 4.74 Å². The summed E-state index contributed by atoms with van der Waals surface area (Å²) in [7, 11) is 1.82. The maximum absolute atomic E-state index is 12.1. The fraction of sp³-hybridized carbons (Fsp3) is 0.636. The monoisotopic (exact) mass is 208 g/mol. The van der Waals surface area contributed by atoms with Gasteiger partial charge in [0.2, 0.25) is 0 Å². The third-order valence-electron chi connectivity index (χ3n) is 2.91. The molecule has 4 heteroatoms. The molecule has 1 fully saturated rings. The van der Waals surface area contributed by atoms with Gasteiger partial charge in [-0.2, -0.15) is 5.10 Å². The molecule has 1 aromatic rings. The lowest BCUT2D eigenvalue weighted by Crippen LogP contribution is -2.24. The lowest BCUT2D eigenvalue weighted by molar-refractivity contribution is 0.0685. The predicted octanol–water partition coefficient (Wildman–Crippen LogP) is 1.42. The first-order chi connectivity index (χ1) is 7.22. The second-order valence-corrected chi connectivity index (χ2v) is 3.95. The minimum Gasteiger partial charge on any atom is -0.377 e. The number of hydrogen-bond donors (Lipinski definition) is 0. The number of hydrogen-bond acceptors (Lipinski definition) is 3. The lowest BCUT2D eigenvalue weighted by Gasteiger charge is -2.13. The van der Waals surface area contributed by atoms with Crippen molar-refractivity contribution in [3.8, 4) is 0 Å². The normalized spacial score (nSPS) is 25.7. The molecular weight excluding hydrogens is 192 g/mol. The molecule has 0 aliphatic carbocycles. The Morgan fingerprint density at radius 2 is 2.53 bits per heavy atom. The summed E-state index contributed by atoms with van der Waals surface area (Å²) in [6.45, 7) is 2.75. The number of ether oxygens (including phenoxy) is 1. The Labute approximate surface area is 89.2 Å². The van der Waals surface area contributed by atoms with Crippen molar-refractivity contribution in [1.82, 2.24) is 9.78 Å². The first kappa shape index (κ1) is 10.4. The van der Waals surface area contributed by atoms with E-state index in [0.29, 0.717) is 12.3 Å². The molecule has 4 nitrogen and oxygen atoms in total. The van der Waals surface area contributed by atoms with Crippen molar-refractivity contribution in [2.45, 2.75) is 25.9 Å². The zero-order valence-corrected chi connectivity index (χ0v) is 9.14. The van der Waals surface area contributed by atoms with Crippen molar-refractivity contribution in [2.75, 3.05) is 6.61 Å². The molecule has 15 heavy (non-hydrogen) atoms. The zero-order valence-electron chi connectivity index (χ0n) is 9.14. The first-order valence-corrected chi connectivity index (χ1v) is 5.38. The summed E-state index contributed by atoms with van der Waals surface area (Å²) in [5, 5.41) is 4.14. The van der Waals surface area contributed by atoms with Gasteiger partial charge in [-0.25, -0.2) is 0 Å². The molecule has 0 saturated carbocycles. The van der Waals surface area contributed by atoms with E-state index in [0.717, 1.165) is 12.8 Å². The molecule has 0 aromatic carbocycles. The van der Waals surface area contributed by atoms with Crippen LogP contribution in [0.1, 0.15) is 30.3 Å². The van der Waals surface area contributed by atoms with E-state index in [1.165, 1.54) is 0 Å². The van der Waals surface area contributed by atoms with Crippen molar-refractivity contribution >= 4 is 5.78 Å². The number of ketones is 1. The van der Waals surface area contributed by atoms with E-state index in [4.69, 9.17) is 4.74 Å². The van der Waals surface area contributed by atoms with Crippen LogP contribution in [0.4, 0.5) is 0 Å². The Morgan fingerprint density at radius 3 is 3.13 bits per heavy atom. The molecule has 1 aromatic heterocycles. The number of Topliss-reactive ketones (excluding diaryl/α,β-unsaturated/α-hetero) is 1. The van der Waals surface area contributed by atoms with E-state index in [-0.39, 0.29) is 17.8 Å². The smallest absolute Gasteiger partial charge is 0.188 e. The van der Waals surface area contributed by atoms with Crippen molar-refractivity contribution < 1.29 is 9.53 Å². The van der Waals surface area contributed by atoms with Crippen LogP contribution in [-0.4, -0.2) is 28.3 Å². The average Bonchev–Trinajstić information content (AvgIpc) is 2.84. The van der Waals surface area contributed by atoms with Gasteiger partial charge >= 0.3 is 0 Å². The van der Waals surface area contributed by atoms with E-state index in [1.54, 1.807) is 16.9 Å². The molecule has 2 atom stereocenters. The van der Waals surface area contributed by atoms with Gasteiger partial charge in [0.05, 0.1) is 12.0 Å². The summed E-state index contributed by atoms with van der Waals surface area (Å²) in [5.41, 5.74) is 0.562. The number of aryl methyl sites for hydroxylation is 1. The standard InChI is InChI=1S/C11H16N2O2/c1-3-10-8(5-7-15-10)11(14)9-4-6-13(2)12-9/h4,6,8,10H,3,5,7H2,1-2H3. The summed E-state index contributed by atoms with van der Waals surface area (Å²) in [5.74, 6) is 0.129. The average molecular weight is 208 g/mol. The van der Waals surface area contributed by atoms with Crippen LogP contribution < -0.4 is 0 Å². The third kappa shape index (κ3) is 1.95. The predicted molar refractivity (Wildman–Crippen MR) is 55.7 cm³/mol. The Hall–Kier alpha value is -1.16. The number of carbonyl (C=O) groups excluding carboxylic acids is 1. The van der Waals surface area contributed by atoms with Crippen molar-refractivity contribution in [3.63, 3.8) is 0 Å². The fourth-order valence-electron chi connectivity index (χ4n) is 2.09. The molecule has 2 heterocycles. The van der Waals surface area contributed by atoms with Gasteiger partial charge in [0.15, 0.2) is 5.78 Å². The largest absolute Gasteiger partial charge is 0.377 e. The van der Waals surface area contributed by atoms with E-state index >= 15 is 0 Å². The van der Waals surface area contributed by atoms with Crippen LogP contribution in [0.25, 0.3) is 0 Å². The summed E-state index contributed by atoms with van der Waals surface area (Å²) in [6, 6.07) is 1.77. The highest BCUT2D eigenvalue weighted by Crippen LogP contribution is 2.26. The molecule has 0 N–H and O–H groups in total. The van der Waals surface area contributed by atoms with Crippen LogP contribution in [0.15, 0.2) is 12.3 Å².